The molecule has 26 heavy (non-hydrogen) atoms. The molecule has 132 valence electrons. The van der Waals surface area contributed by atoms with Crippen LogP contribution in [0.1, 0.15) is 23.6 Å². The van der Waals surface area contributed by atoms with Crippen molar-refractivity contribution in [1.82, 2.24) is 0 Å². The van der Waals surface area contributed by atoms with Crippen LogP contribution in [0.2, 0.25) is 0 Å². The number of carbonyl (C=O) groups is 2. The zero-order chi connectivity index (χ0) is 18.4. The fourth-order valence-electron chi connectivity index (χ4n) is 2.24. The van der Waals surface area contributed by atoms with Gasteiger partial charge in [-0.1, -0.05) is 12.1 Å². The molecule has 0 aromatic heterocycles. The first kappa shape index (κ1) is 25.5. The monoisotopic (exact) mass is 424 g/mol. The molecule has 0 aliphatic carbocycles. The van der Waals surface area contributed by atoms with Crippen molar-refractivity contribution in [1.29, 1.82) is 0 Å². The van der Waals surface area contributed by atoms with Crippen molar-refractivity contribution in [2.24, 2.45) is 0 Å². The quantitative estimate of drug-likeness (QED) is 0.274. The number of hydrogen-bond donors (Lipinski definition) is 4. The van der Waals surface area contributed by atoms with E-state index in [0.29, 0.717) is 12.1 Å². The van der Waals surface area contributed by atoms with Gasteiger partial charge < -0.3 is 13.1 Å². The summed E-state index contributed by atoms with van der Waals surface area (Å²) < 4.78 is 64.6. The van der Waals surface area contributed by atoms with Crippen LogP contribution in [0.3, 0.4) is 0 Å². The van der Waals surface area contributed by atoms with Crippen LogP contribution in [0.5, 0.6) is 0 Å². The van der Waals surface area contributed by atoms with E-state index in [-0.39, 0.29) is 62.0 Å². The van der Waals surface area contributed by atoms with Gasteiger partial charge in [0.25, 0.3) is 20.2 Å². The molecular formula is C12H10Na2O10S2. The number of fused-ring (bicyclic) bond motifs is 1. The Kier molecular flexibility index (Phi) is 8.47. The standard InChI is InChI=1S/C12H8O10S2.2Na.2H/c13-11(14)7-3-1-5-6(10(7)24(20,21)22)2-4-8(12(15)16)9(5)23(17,18)19;;;;/h1-4H,(H,13,14)(H,15,16)(H,17,18,19)(H,20,21,22);;;;/q;2*+1;2*-1. The van der Waals surface area contributed by atoms with Crippen LogP contribution in [-0.4, -0.2) is 48.1 Å². The number of rotatable bonds is 4. The zero-order valence-corrected chi connectivity index (χ0v) is 19.0. The van der Waals surface area contributed by atoms with Crippen LogP contribution in [0, 0.1) is 0 Å². The summed E-state index contributed by atoms with van der Waals surface area (Å²) in [5, 5.41) is 16.9. The maximum absolute atomic E-state index is 11.5. The molecule has 2 aromatic carbocycles. The van der Waals surface area contributed by atoms with E-state index >= 15 is 0 Å². The minimum atomic E-state index is -5.11. The molecule has 0 aliphatic heterocycles. The van der Waals surface area contributed by atoms with Gasteiger partial charge in [-0.15, -0.1) is 0 Å². The van der Waals surface area contributed by atoms with Gasteiger partial charge in [0.2, 0.25) is 0 Å². The van der Waals surface area contributed by atoms with Crippen molar-refractivity contribution in [3.05, 3.63) is 35.4 Å². The molecule has 0 amide bonds. The van der Waals surface area contributed by atoms with Crippen LogP contribution in [0.15, 0.2) is 34.1 Å². The Morgan fingerprint density at radius 1 is 0.692 bits per heavy atom. The van der Waals surface area contributed by atoms with Gasteiger partial charge in [0.05, 0.1) is 11.1 Å². The normalized spacial score (nSPS) is 11.3. The molecule has 0 unspecified atom stereocenters. The van der Waals surface area contributed by atoms with Crippen molar-refractivity contribution >= 4 is 42.9 Å². The van der Waals surface area contributed by atoms with Gasteiger partial charge in [-0.05, 0) is 12.1 Å². The molecule has 0 bridgehead atoms. The minimum Gasteiger partial charge on any atom is -1.00 e. The maximum Gasteiger partial charge on any atom is 1.00 e. The fraction of sp³-hybridized carbons (Fsp3) is 0. The van der Waals surface area contributed by atoms with E-state index in [1.165, 1.54) is 0 Å². The number of hydrogen-bond acceptors (Lipinski definition) is 6. The van der Waals surface area contributed by atoms with Crippen LogP contribution in [0.4, 0.5) is 0 Å². The van der Waals surface area contributed by atoms with E-state index in [0.717, 1.165) is 12.1 Å². The topological polar surface area (TPSA) is 183 Å². The van der Waals surface area contributed by atoms with Gasteiger partial charge in [0.1, 0.15) is 9.79 Å². The Balaban J connectivity index is -0.00000156. The molecule has 10 nitrogen and oxygen atoms in total. The Hall–Kier alpha value is -0.540. The van der Waals surface area contributed by atoms with Crippen LogP contribution in [0.25, 0.3) is 10.8 Å². The zero-order valence-electron chi connectivity index (χ0n) is 15.4. The van der Waals surface area contributed by atoms with E-state index in [9.17, 15) is 35.5 Å². The molecule has 0 atom stereocenters. The summed E-state index contributed by atoms with van der Waals surface area (Å²) in [4.78, 5) is 20.0. The Labute approximate surface area is 194 Å². The number of carboxylic acids is 2. The van der Waals surface area contributed by atoms with Gasteiger partial charge in [0.15, 0.2) is 0 Å². The first-order chi connectivity index (χ1) is 10.9. The van der Waals surface area contributed by atoms with Gasteiger partial charge in [-0.25, -0.2) is 9.59 Å². The van der Waals surface area contributed by atoms with E-state index in [4.69, 9.17) is 10.2 Å². The average Bonchev–Trinajstić information content (AvgIpc) is 2.41. The second-order valence-corrected chi connectivity index (χ2v) is 7.26. The molecule has 0 spiro atoms. The van der Waals surface area contributed by atoms with Crippen molar-refractivity contribution in [2.75, 3.05) is 0 Å². The van der Waals surface area contributed by atoms with Gasteiger partial charge in [-0.3, -0.25) is 9.11 Å². The summed E-state index contributed by atoms with van der Waals surface area (Å²) in [6.45, 7) is 0. The molecule has 0 heterocycles. The van der Waals surface area contributed by atoms with Gasteiger partial charge >= 0.3 is 71.1 Å². The molecule has 2 rings (SSSR count). The molecule has 0 fully saturated rings. The molecule has 2 aromatic rings. The third-order valence-electron chi connectivity index (χ3n) is 3.08. The van der Waals surface area contributed by atoms with Crippen LogP contribution < -0.4 is 59.1 Å². The number of benzene rings is 2. The molecule has 0 aliphatic rings. The largest absolute Gasteiger partial charge is 1.00 e. The molecule has 4 N–H and O–H groups in total. The second kappa shape index (κ2) is 8.65. The Bertz CT molecular complexity index is 1030. The Morgan fingerprint density at radius 2 is 0.962 bits per heavy atom. The molecule has 0 radical (unpaired) electrons. The third-order valence-corrected chi connectivity index (χ3v) is 4.99. The predicted octanol–water partition coefficient (Wildman–Crippen LogP) is -5.04. The average molecular weight is 424 g/mol. The molecule has 0 saturated carbocycles. The van der Waals surface area contributed by atoms with Crippen molar-refractivity contribution in [2.45, 2.75) is 9.79 Å². The summed E-state index contributed by atoms with van der Waals surface area (Å²) in [6.07, 6.45) is 0. The van der Waals surface area contributed by atoms with Crippen molar-refractivity contribution in [3.63, 3.8) is 0 Å². The maximum atomic E-state index is 11.5. The minimum absolute atomic E-state index is 0. The smallest absolute Gasteiger partial charge is 1.00 e. The van der Waals surface area contributed by atoms with Crippen molar-refractivity contribution in [3.8, 4) is 0 Å². The molecule has 0 saturated heterocycles. The van der Waals surface area contributed by atoms with E-state index in [2.05, 4.69) is 0 Å². The summed E-state index contributed by atoms with van der Waals surface area (Å²) in [6, 6.07) is 2.99. The third kappa shape index (κ3) is 4.84. The second-order valence-electron chi connectivity index (χ2n) is 4.54. The number of aromatic carboxylic acids is 2. The first-order valence-electron chi connectivity index (χ1n) is 5.87. The molecule has 14 heteroatoms. The van der Waals surface area contributed by atoms with E-state index < -0.39 is 63.9 Å². The van der Waals surface area contributed by atoms with Gasteiger partial charge in [-0.2, -0.15) is 16.8 Å². The van der Waals surface area contributed by atoms with Crippen LogP contribution in [-0.2, 0) is 20.2 Å². The Morgan fingerprint density at radius 3 is 1.15 bits per heavy atom. The predicted molar refractivity (Wildman–Crippen MR) is 79.7 cm³/mol. The first-order valence-corrected chi connectivity index (χ1v) is 8.75. The van der Waals surface area contributed by atoms with Gasteiger partial charge in [0, 0.05) is 10.8 Å². The summed E-state index contributed by atoms with van der Waals surface area (Å²) in [5.74, 6) is -3.44. The molecular weight excluding hydrogens is 414 g/mol. The fourth-order valence-corrected chi connectivity index (χ4v) is 4.02. The van der Waals surface area contributed by atoms with E-state index in [1.54, 1.807) is 0 Å². The number of carboxylic acid groups (broad SMARTS) is 2. The summed E-state index contributed by atoms with van der Waals surface area (Å²) in [7, 11) is -10.2. The summed E-state index contributed by atoms with van der Waals surface area (Å²) in [5.41, 5.74) is -1.70. The SMILES string of the molecule is O=C(O)c1ccc2c(S(=O)(=O)O)c(C(=O)O)ccc2c1S(=O)(=O)O.[H-].[H-].[Na+].[Na+]. The van der Waals surface area contributed by atoms with E-state index in [1.807, 2.05) is 0 Å². The van der Waals surface area contributed by atoms with Crippen LogP contribution >= 0.6 is 0 Å². The van der Waals surface area contributed by atoms with Crippen molar-refractivity contribution < 1.29 is 108 Å². The summed E-state index contributed by atoms with van der Waals surface area (Å²) >= 11 is 0.